The van der Waals surface area contributed by atoms with Crippen LogP contribution in [-0.4, -0.2) is 13.1 Å². The lowest BCUT2D eigenvalue weighted by atomic mass is 10.1. The Bertz CT molecular complexity index is 581. The van der Waals surface area contributed by atoms with Crippen LogP contribution in [0.1, 0.15) is 30.6 Å². The van der Waals surface area contributed by atoms with E-state index in [0.29, 0.717) is 5.75 Å². The van der Waals surface area contributed by atoms with Crippen LogP contribution in [0.5, 0.6) is 5.75 Å². The third-order valence-corrected chi connectivity index (χ3v) is 3.46. The maximum Gasteiger partial charge on any atom is 0.416 e. The maximum atomic E-state index is 12.6. The Balaban J connectivity index is 2.10. The fourth-order valence-corrected chi connectivity index (χ4v) is 2.26. The Kier molecular flexibility index (Phi) is 6.04. The molecule has 0 aliphatic rings. The van der Waals surface area contributed by atoms with E-state index in [1.807, 2.05) is 37.3 Å². The molecule has 0 spiro atoms. The lowest BCUT2D eigenvalue weighted by Crippen LogP contribution is -2.19. The maximum absolute atomic E-state index is 12.6. The van der Waals surface area contributed by atoms with Crippen LogP contribution >= 0.6 is 0 Å². The summed E-state index contributed by atoms with van der Waals surface area (Å²) < 4.78 is 43.7. The Morgan fingerprint density at radius 1 is 1.00 bits per heavy atom. The summed E-state index contributed by atoms with van der Waals surface area (Å²) in [4.78, 5) is 0. The minimum atomic E-state index is -4.33. The van der Waals surface area contributed by atoms with Gasteiger partial charge in [0.15, 0.2) is 0 Å². The van der Waals surface area contributed by atoms with Crippen molar-refractivity contribution in [2.75, 3.05) is 13.1 Å². The highest BCUT2D eigenvalue weighted by atomic mass is 19.4. The lowest BCUT2D eigenvalue weighted by Gasteiger charge is -2.20. The molecule has 0 bridgehead atoms. The first kappa shape index (κ1) is 17.3. The topological polar surface area (TPSA) is 21.3 Å². The van der Waals surface area contributed by atoms with Gasteiger partial charge in [-0.2, -0.15) is 13.2 Å². The molecule has 5 heteroatoms. The van der Waals surface area contributed by atoms with Crippen molar-refractivity contribution in [2.45, 2.75) is 25.6 Å². The molecule has 1 unspecified atom stereocenters. The first-order valence-electron chi connectivity index (χ1n) is 7.60. The quantitative estimate of drug-likeness (QED) is 0.737. The van der Waals surface area contributed by atoms with Crippen LogP contribution in [0.2, 0.25) is 0 Å². The van der Waals surface area contributed by atoms with Gasteiger partial charge >= 0.3 is 6.18 Å². The van der Waals surface area contributed by atoms with E-state index >= 15 is 0 Å². The molecule has 0 fully saturated rings. The van der Waals surface area contributed by atoms with Gasteiger partial charge in [0.05, 0.1) is 5.56 Å². The van der Waals surface area contributed by atoms with Gasteiger partial charge in [-0.25, -0.2) is 0 Å². The van der Waals surface area contributed by atoms with Crippen molar-refractivity contribution in [3.8, 4) is 5.75 Å². The number of ether oxygens (including phenoxy) is 1. The van der Waals surface area contributed by atoms with Crippen molar-refractivity contribution in [3.05, 3.63) is 65.7 Å². The van der Waals surface area contributed by atoms with E-state index in [1.165, 1.54) is 12.1 Å². The second kappa shape index (κ2) is 8.02. The SMILES string of the molecule is CCNCCC(Oc1ccc(C(F)(F)F)cc1)c1ccccc1. The summed E-state index contributed by atoms with van der Waals surface area (Å²) in [5.41, 5.74) is 0.332. The standard InChI is InChI=1S/C18H20F3NO/c1-2-22-13-12-17(14-6-4-3-5-7-14)23-16-10-8-15(9-11-16)18(19,20)21/h3-11,17,22H,2,12-13H2,1H3. The van der Waals surface area contributed by atoms with Crippen molar-refractivity contribution < 1.29 is 17.9 Å². The molecule has 1 atom stereocenters. The lowest BCUT2D eigenvalue weighted by molar-refractivity contribution is -0.137. The van der Waals surface area contributed by atoms with Crippen LogP contribution < -0.4 is 10.1 Å². The van der Waals surface area contributed by atoms with Crippen LogP contribution in [0, 0.1) is 0 Å². The van der Waals surface area contributed by atoms with Crippen molar-refractivity contribution in [1.82, 2.24) is 5.32 Å². The Morgan fingerprint density at radius 3 is 2.22 bits per heavy atom. The average molecular weight is 323 g/mol. The number of nitrogens with one attached hydrogen (secondary N) is 1. The second-order valence-corrected chi connectivity index (χ2v) is 5.18. The minimum Gasteiger partial charge on any atom is -0.486 e. The molecule has 2 aromatic rings. The van der Waals surface area contributed by atoms with Crippen molar-refractivity contribution in [3.63, 3.8) is 0 Å². The number of hydrogen-bond acceptors (Lipinski definition) is 2. The van der Waals surface area contributed by atoms with Crippen LogP contribution in [0.25, 0.3) is 0 Å². The zero-order chi connectivity index (χ0) is 16.7. The normalized spacial score (nSPS) is 12.9. The predicted octanol–water partition coefficient (Wildman–Crippen LogP) is 4.83. The third-order valence-electron chi connectivity index (χ3n) is 3.46. The molecular formula is C18H20F3NO. The molecule has 0 amide bonds. The van der Waals surface area contributed by atoms with Gasteiger partial charge in [0.1, 0.15) is 11.9 Å². The summed E-state index contributed by atoms with van der Waals surface area (Å²) in [7, 11) is 0. The number of rotatable bonds is 7. The highest BCUT2D eigenvalue weighted by Gasteiger charge is 2.30. The van der Waals surface area contributed by atoms with E-state index in [2.05, 4.69) is 5.32 Å². The molecule has 0 saturated carbocycles. The summed E-state index contributed by atoms with van der Waals surface area (Å²) in [5, 5.41) is 3.23. The summed E-state index contributed by atoms with van der Waals surface area (Å²) in [6, 6.07) is 14.5. The molecule has 124 valence electrons. The summed E-state index contributed by atoms with van der Waals surface area (Å²) in [6.07, 6.45) is -3.80. The number of hydrogen-bond donors (Lipinski definition) is 1. The van der Waals surface area contributed by atoms with E-state index in [1.54, 1.807) is 0 Å². The fourth-order valence-electron chi connectivity index (χ4n) is 2.26. The molecule has 0 aliphatic carbocycles. The van der Waals surface area contributed by atoms with E-state index in [-0.39, 0.29) is 6.10 Å². The summed E-state index contributed by atoms with van der Waals surface area (Å²) in [6.45, 7) is 3.66. The van der Waals surface area contributed by atoms with E-state index in [4.69, 9.17) is 4.74 Å². The van der Waals surface area contributed by atoms with E-state index in [9.17, 15) is 13.2 Å². The highest BCUT2D eigenvalue weighted by molar-refractivity contribution is 5.30. The van der Waals surface area contributed by atoms with Crippen LogP contribution in [0.15, 0.2) is 54.6 Å². The first-order valence-corrected chi connectivity index (χ1v) is 7.60. The smallest absolute Gasteiger partial charge is 0.416 e. The van der Waals surface area contributed by atoms with E-state index < -0.39 is 11.7 Å². The first-order chi connectivity index (χ1) is 11.0. The van der Waals surface area contributed by atoms with Crippen LogP contribution in [-0.2, 0) is 6.18 Å². The van der Waals surface area contributed by atoms with Gasteiger partial charge in [-0.1, -0.05) is 37.3 Å². The molecule has 0 aliphatic heterocycles. The number of alkyl halides is 3. The number of halogens is 3. The molecule has 2 aromatic carbocycles. The zero-order valence-electron chi connectivity index (χ0n) is 12.9. The number of benzene rings is 2. The Labute approximate surface area is 134 Å². The van der Waals surface area contributed by atoms with Gasteiger partial charge in [0.2, 0.25) is 0 Å². The van der Waals surface area contributed by atoms with Gasteiger partial charge in [-0.15, -0.1) is 0 Å². The average Bonchev–Trinajstić information content (AvgIpc) is 2.54. The molecule has 0 aromatic heterocycles. The third kappa shape index (κ3) is 5.28. The minimum absolute atomic E-state index is 0.202. The second-order valence-electron chi connectivity index (χ2n) is 5.18. The molecule has 2 nitrogen and oxygen atoms in total. The Morgan fingerprint density at radius 2 is 1.65 bits per heavy atom. The van der Waals surface area contributed by atoms with Gasteiger partial charge in [0.25, 0.3) is 0 Å². The van der Waals surface area contributed by atoms with Gasteiger partial charge in [-0.05, 0) is 42.9 Å². The summed E-state index contributed by atoms with van der Waals surface area (Å²) >= 11 is 0. The van der Waals surface area contributed by atoms with Crippen molar-refractivity contribution >= 4 is 0 Å². The Hall–Kier alpha value is -2.01. The van der Waals surface area contributed by atoms with E-state index in [0.717, 1.165) is 37.2 Å². The zero-order valence-corrected chi connectivity index (χ0v) is 12.9. The van der Waals surface area contributed by atoms with Gasteiger partial charge < -0.3 is 10.1 Å². The van der Waals surface area contributed by atoms with Crippen LogP contribution in [0.3, 0.4) is 0 Å². The van der Waals surface area contributed by atoms with Crippen molar-refractivity contribution in [1.29, 1.82) is 0 Å². The molecule has 0 saturated heterocycles. The van der Waals surface area contributed by atoms with Crippen molar-refractivity contribution in [2.24, 2.45) is 0 Å². The van der Waals surface area contributed by atoms with Gasteiger partial charge in [-0.3, -0.25) is 0 Å². The largest absolute Gasteiger partial charge is 0.486 e. The van der Waals surface area contributed by atoms with Crippen LogP contribution in [0.4, 0.5) is 13.2 Å². The molecule has 1 N–H and O–H groups in total. The molecule has 2 rings (SSSR count). The monoisotopic (exact) mass is 323 g/mol. The highest BCUT2D eigenvalue weighted by Crippen LogP contribution is 2.31. The molecule has 0 heterocycles. The fraction of sp³-hybridized carbons (Fsp3) is 0.333. The molecular weight excluding hydrogens is 303 g/mol. The summed E-state index contributed by atoms with van der Waals surface area (Å²) in [5.74, 6) is 0.434. The molecule has 23 heavy (non-hydrogen) atoms. The predicted molar refractivity (Wildman–Crippen MR) is 84.4 cm³/mol. The molecule has 0 radical (unpaired) electrons. The van der Waals surface area contributed by atoms with Gasteiger partial charge in [0, 0.05) is 6.42 Å².